The van der Waals surface area contributed by atoms with E-state index in [1.54, 1.807) is 30.6 Å². The zero-order valence-corrected chi connectivity index (χ0v) is 17.4. The first-order valence-corrected chi connectivity index (χ1v) is 10.0. The summed E-state index contributed by atoms with van der Waals surface area (Å²) in [4.78, 5) is 30.3. The van der Waals surface area contributed by atoms with Gasteiger partial charge in [0.2, 0.25) is 5.95 Å². The molecule has 2 heterocycles. The molecule has 170 valence electrons. The average Bonchev–Trinajstić information content (AvgIpc) is 2.79. The van der Waals surface area contributed by atoms with Crippen LogP contribution < -0.4 is 21.7 Å². The van der Waals surface area contributed by atoms with Crippen LogP contribution in [0.3, 0.4) is 0 Å². The highest BCUT2D eigenvalue weighted by molar-refractivity contribution is 5.92. The molecule has 1 aromatic carbocycles. The van der Waals surface area contributed by atoms with Gasteiger partial charge in [0.15, 0.2) is 5.96 Å². The minimum atomic E-state index is -1.34. The summed E-state index contributed by atoms with van der Waals surface area (Å²) in [5, 5.41) is 14.6. The van der Waals surface area contributed by atoms with Crippen molar-refractivity contribution in [1.82, 2.24) is 15.3 Å². The molecule has 6 N–H and O–H groups in total. The zero-order chi connectivity index (χ0) is 22.9. The van der Waals surface area contributed by atoms with Crippen molar-refractivity contribution >= 4 is 23.7 Å². The third-order valence-corrected chi connectivity index (χ3v) is 4.71. The van der Waals surface area contributed by atoms with E-state index in [9.17, 15) is 9.18 Å². The molecule has 1 amide bonds. The highest BCUT2D eigenvalue weighted by atomic mass is 19.1. The quantitative estimate of drug-likeness (QED) is 0.215. The summed E-state index contributed by atoms with van der Waals surface area (Å²) >= 11 is 0. The number of carboxylic acid groups (broad SMARTS) is 1. The molecule has 3 rings (SSSR count). The van der Waals surface area contributed by atoms with Crippen LogP contribution in [0.1, 0.15) is 18.4 Å². The van der Waals surface area contributed by atoms with E-state index in [4.69, 9.17) is 21.4 Å². The van der Waals surface area contributed by atoms with E-state index in [0.29, 0.717) is 43.3 Å². The van der Waals surface area contributed by atoms with Crippen LogP contribution in [0, 0.1) is 5.82 Å². The molecule has 2 aromatic rings. The Labute approximate surface area is 184 Å². The van der Waals surface area contributed by atoms with E-state index in [1.807, 2.05) is 10.2 Å². The number of anilines is 1. The minimum Gasteiger partial charge on any atom is -0.465 e. The van der Waals surface area contributed by atoms with Gasteiger partial charge in [-0.3, -0.25) is 5.32 Å². The number of nitrogens with two attached hydrogens (primary N) is 2. The Bertz CT molecular complexity index is 987. The van der Waals surface area contributed by atoms with E-state index in [-0.39, 0.29) is 18.1 Å². The zero-order valence-electron chi connectivity index (χ0n) is 17.4. The van der Waals surface area contributed by atoms with Crippen molar-refractivity contribution in [3.8, 4) is 11.1 Å². The second kappa shape index (κ2) is 11.0. The molecule has 0 aliphatic carbocycles. The Morgan fingerprint density at radius 3 is 2.66 bits per heavy atom. The predicted octanol–water partition coefficient (Wildman–Crippen LogP) is 1.30. The summed E-state index contributed by atoms with van der Waals surface area (Å²) in [5.41, 5.74) is 12.9. The van der Waals surface area contributed by atoms with Crippen molar-refractivity contribution in [2.45, 2.75) is 19.4 Å². The van der Waals surface area contributed by atoms with Gasteiger partial charge < -0.3 is 26.3 Å². The standard InChI is InChI=1S/C20H25FN8O3/c21-17-13(10-24-18(23)27-20(30)31)2-1-3-16(17)14-11-25-19(26-12-14)29-7-4-15(5-8-29)28-32-9-6-22/h1-3,11-12H,4-10,22H2,(H,30,31)(H3,23,24,27). The van der Waals surface area contributed by atoms with Crippen molar-refractivity contribution in [2.75, 3.05) is 31.1 Å². The third-order valence-electron chi connectivity index (χ3n) is 4.71. The monoisotopic (exact) mass is 444 g/mol. The summed E-state index contributed by atoms with van der Waals surface area (Å²) in [7, 11) is 0. The van der Waals surface area contributed by atoms with Crippen molar-refractivity contribution in [3.05, 3.63) is 42.0 Å². The molecule has 1 saturated heterocycles. The lowest BCUT2D eigenvalue weighted by Gasteiger charge is -2.27. The van der Waals surface area contributed by atoms with Crippen LogP contribution >= 0.6 is 0 Å². The third kappa shape index (κ3) is 6.11. The lowest BCUT2D eigenvalue weighted by atomic mass is 10.0. The molecule has 0 radical (unpaired) electrons. The fourth-order valence-electron chi connectivity index (χ4n) is 3.11. The molecule has 1 aliphatic heterocycles. The van der Waals surface area contributed by atoms with E-state index in [0.717, 1.165) is 18.6 Å². The van der Waals surface area contributed by atoms with Crippen LogP contribution in [0.15, 0.2) is 40.7 Å². The lowest BCUT2D eigenvalue weighted by molar-refractivity contribution is 0.150. The van der Waals surface area contributed by atoms with Gasteiger partial charge in [0.1, 0.15) is 12.4 Å². The molecule has 0 bridgehead atoms. The van der Waals surface area contributed by atoms with Crippen LogP contribution in [0.4, 0.5) is 15.1 Å². The number of carbonyl (C=O) groups is 1. The number of hydrogen-bond acceptors (Lipinski definition) is 8. The minimum absolute atomic E-state index is 0.114. The average molecular weight is 444 g/mol. The topological polar surface area (TPSA) is 164 Å². The molecule has 12 heteroatoms. The van der Waals surface area contributed by atoms with E-state index < -0.39 is 11.9 Å². The number of rotatable bonds is 7. The largest absolute Gasteiger partial charge is 0.465 e. The smallest absolute Gasteiger partial charge is 0.411 e. The number of guanidine groups is 1. The van der Waals surface area contributed by atoms with Gasteiger partial charge in [-0.15, -0.1) is 0 Å². The van der Waals surface area contributed by atoms with Crippen LogP contribution in [0.2, 0.25) is 0 Å². The molecular formula is C20H25FN8O3. The van der Waals surface area contributed by atoms with Crippen molar-refractivity contribution in [1.29, 1.82) is 0 Å². The number of aromatic nitrogens is 2. The molecule has 0 unspecified atom stereocenters. The van der Waals surface area contributed by atoms with Crippen molar-refractivity contribution in [2.24, 2.45) is 21.6 Å². The first kappa shape index (κ1) is 22.9. The number of aliphatic imine (C=N–C) groups is 1. The van der Waals surface area contributed by atoms with Gasteiger partial charge in [0.25, 0.3) is 0 Å². The van der Waals surface area contributed by atoms with Crippen molar-refractivity contribution < 1.29 is 19.1 Å². The van der Waals surface area contributed by atoms with E-state index in [2.05, 4.69) is 20.1 Å². The van der Waals surface area contributed by atoms with E-state index >= 15 is 0 Å². The molecule has 0 saturated carbocycles. The molecule has 32 heavy (non-hydrogen) atoms. The van der Waals surface area contributed by atoms with Crippen LogP contribution in [-0.4, -0.2) is 59.1 Å². The molecule has 1 aromatic heterocycles. The number of amides is 1. The molecule has 0 spiro atoms. The number of benzene rings is 1. The maximum Gasteiger partial charge on any atom is 0.411 e. The summed E-state index contributed by atoms with van der Waals surface area (Å²) < 4.78 is 15.0. The Kier molecular flexibility index (Phi) is 7.86. The SMILES string of the molecule is NCCON=C1CCN(c2ncc(-c3cccc(CN=C(N)NC(=O)O)c3F)cn2)CC1. The Morgan fingerprint density at radius 2 is 2.00 bits per heavy atom. The molecule has 1 aliphatic rings. The van der Waals surface area contributed by atoms with Crippen LogP contribution in [0.5, 0.6) is 0 Å². The highest BCUT2D eigenvalue weighted by Crippen LogP contribution is 2.25. The number of hydrogen-bond donors (Lipinski definition) is 4. The maximum absolute atomic E-state index is 15.0. The van der Waals surface area contributed by atoms with Gasteiger partial charge in [-0.05, 0) is 0 Å². The summed E-state index contributed by atoms with van der Waals surface area (Å²) in [6, 6.07) is 4.84. The van der Waals surface area contributed by atoms with Crippen LogP contribution in [0.25, 0.3) is 11.1 Å². The molecule has 1 fully saturated rings. The summed E-state index contributed by atoms with van der Waals surface area (Å²) in [6.07, 6.45) is 3.29. The highest BCUT2D eigenvalue weighted by Gasteiger charge is 2.18. The molecule has 11 nitrogen and oxygen atoms in total. The van der Waals surface area contributed by atoms with Crippen molar-refractivity contribution in [3.63, 3.8) is 0 Å². The van der Waals surface area contributed by atoms with Gasteiger partial charge >= 0.3 is 6.09 Å². The molecule has 0 atom stereocenters. The first-order chi connectivity index (χ1) is 15.5. The van der Waals surface area contributed by atoms with Gasteiger partial charge in [-0.2, -0.15) is 0 Å². The van der Waals surface area contributed by atoms with Crippen LogP contribution in [-0.2, 0) is 11.4 Å². The van der Waals surface area contributed by atoms with Gasteiger partial charge in [-0.25, -0.2) is 24.1 Å². The van der Waals surface area contributed by atoms with Gasteiger partial charge in [0.05, 0.1) is 12.3 Å². The number of oxime groups is 1. The fraction of sp³-hybridized carbons (Fsp3) is 0.350. The number of piperidine rings is 1. The number of nitrogens with zero attached hydrogens (tertiary/aromatic N) is 5. The number of nitrogens with one attached hydrogen (secondary N) is 1. The first-order valence-electron chi connectivity index (χ1n) is 10.0. The Balaban J connectivity index is 1.66. The lowest BCUT2D eigenvalue weighted by Crippen LogP contribution is -2.35. The van der Waals surface area contributed by atoms with E-state index in [1.165, 1.54) is 0 Å². The van der Waals surface area contributed by atoms with Gasteiger partial charge in [0, 0.05) is 61.6 Å². The normalized spacial score (nSPS) is 14.2. The predicted molar refractivity (Wildman–Crippen MR) is 118 cm³/mol. The fourth-order valence-corrected chi connectivity index (χ4v) is 3.11. The number of halogens is 1. The Hall–Kier alpha value is -3.80. The summed E-state index contributed by atoms with van der Waals surface area (Å²) in [5.74, 6) is -0.243. The maximum atomic E-state index is 15.0. The second-order valence-corrected chi connectivity index (χ2v) is 6.95. The second-order valence-electron chi connectivity index (χ2n) is 6.95. The summed E-state index contributed by atoms with van der Waals surface area (Å²) in [6.45, 7) is 2.12. The van der Waals surface area contributed by atoms with Gasteiger partial charge in [-0.1, -0.05) is 23.4 Å². The molecular weight excluding hydrogens is 419 g/mol. The Morgan fingerprint density at radius 1 is 1.28 bits per heavy atom.